The highest BCUT2D eigenvalue weighted by atomic mass is 14.8. The molecule has 0 aromatic heterocycles. The van der Waals surface area contributed by atoms with Crippen molar-refractivity contribution in [2.24, 2.45) is 10.9 Å². The Kier molecular flexibility index (Phi) is 6.41. The number of hydrogen-bond donors (Lipinski definition) is 0. The van der Waals surface area contributed by atoms with E-state index in [1.807, 2.05) is 12.3 Å². The molecule has 1 nitrogen and oxygen atoms in total. The van der Waals surface area contributed by atoms with Crippen molar-refractivity contribution >= 4 is 6.21 Å². The first-order valence-electron chi connectivity index (χ1n) is 4.54. The van der Waals surface area contributed by atoms with Gasteiger partial charge in [0.1, 0.15) is 0 Å². The van der Waals surface area contributed by atoms with Gasteiger partial charge in [0.15, 0.2) is 0 Å². The lowest BCUT2D eigenvalue weighted by Gasteiger charge is -2.08. The Bertz CT molecular complexity index is 173. The van der Waals surface area contributed by atoms with Crippen molar-refractivity contribution < 1.29 is 0 Å². The van der Waals surface area contributed by atoms with Crippen LogP contribution in [0, 0.1) is 5.92 Å². The largest absolute Gasteiger partial charge is 0.294 e. The predicted octanol–water partition coefficient (Wildman–Crippen LogP) is 3.22. The molecule has 1 atom stereocenters. The Morgan fingerprint density at radius 2 is 2.00 bits per heavy atom. The summed E-state index contributed by atoms with van der Waals surface area (Å²) >= 11 is 0. The molecule has 0 aromatic carbocycles. The number of unbranched alkanes of at least 4 members (excludes halogenated alkanes) is 1. The number of hydrogen-bond acceptors (Lipinski definition) is 1. The maximum absolute atomic E-state index is 4.40. The van der Waals surface area contributed by atoms with Crippen LogP contribution in [-0.4, -0.2) is 12.3 Å². The summed E-state index contributed by atoms with van der Waals surface area (Å²) in [6.45, 7) is 10.0. The number of nitrogens with zero attached hydrogens (tertiary/aromatic N) is 1. The zero-order chi connectivity index (χ0) is 9.40. The molecule has 1 heteroatoms. The normalized spacial score (nSPS) is 13.3. The monoisotopic (exact) mass is 165 g/mol. The average Bonchev–Trinajstić information content (AvgIpc) is 2.03. The highest BCUT2D eigenvalue weighted by molar-refractivity contribution is 5.57. The molecule has 12 heavy (non-hydrogen) atoms. The molecule has 0 saturated carbocycles. The SMILES string of the molecule is C=C=CCCC=NC(C)C(C)C. The van der Waals surface area contributed by atoms with Crippen molar-refractivity contribution in [2.45, 2.75) is 39.7 Å². The fourth-order valence-electron chi connectivity index (χ4n) is 0.673. The molecule has 0 aliphatic rings. The molecule has 0 N–H and O–H groups in total. The lowest BCUT2D eigenvalue weighted by atomic mass is 10.1. The van der Waals surface area contributed by atoms with Gasteiger partial charge >= 0.3 is 0 Å². The van der Waals surface area contributed by atoms with Gasteiger partial charge in [-0.05, 0) is 38.0 Å². The van der Waals surface area contributed by atoms with Crippen LogP contribution in [0.3, 0.4) is 0 Å². The molecule has 0 heterocycles. The van der Waals surface area contributed by atoms with Gasteiger partial charge in [-0.1, -0.05) is 20.4 Å². The summed E-state index contributed by atoms with van der Waals surface area (Å²) in [5.74, 6) is 0.635. The molecule has 0 aliphatic heterocycles. The van der Waals surface area contributed by atoms with E-state index in [2.05, 4.69) is 38.1 Å². The van der Waals surface area contributed by atoms with E-state index >= 15 is 0 Å². The first-order valence-corrected chi connectivity index (χ1v) is 4.54. The molecule has 1 unspecified atom stereocenters. The lowest BCUT2D eigenvalue weighted by molar-refractivity contribution is 0.532. The Labute approximate surface area is 75.9 Å². The maximum atomic E-state index is 4.40. The van der Waals surface area contributed by atoms with Crippen LogP contribution in [0.5, 0.6) is 0 Å². The molecule has 0 fully saturated rings. The van der Waals surface area contributed by atoms with E-state index in [1.54, 1.807) is 0 Å². The minimum absolute atomic E-state index is 0.442. The van der Waals surface area contributed by atoms with Gasteiger partial charge in [0, 0.05) is 6.04 Å². The van der Waals surface area contributed by atoms with Gasteiger partial charge in [0.25, 0.3) is 0 Å². The highest BCUT2D eigenvalue weighted by Gasteiger charge is 2.01. The van der Waals surface area contributed by atoms with Gasteiger partial charge in [0.2, 0.25) is 0 Å². The van der Waals surface area contributed by atoms with Gasteiger partial charge < -0.3 is 0 Å². The topological polar surface area (TPSA) is 12.4 Å². The van der Waals surface area contributed by atoms with Gasteiger partial charge in [0.05, 0.1) is 0 Å². The van der Waals surface area contributed by atoms with Gasteiger partial charge in [-0.3, -0.25) is 4.99 Å². The molecule has 0 saturated heterocycles. The molecule has 0 aliphatic carbocycles. The van der Waals surface area contributed by atoms with E-state index in [9.17, 15) is 0 Å². The minimum Gasteiger partial charge on any atom is -0.294 e. The number of aliphatic imine (C=N–C) groups is 1. The number of rotatable bonds is 5. The van der Waals surface area contributed by atoms with E-state index in [4.69, 9.17) is 0 Å². The van der Waals surface area contributed by atoms with Crippen LogP contribution in [0.25, 0.3) is 0 Å². The van der Waals surface area contributed by atoms with Crippen molar-refractivity contribution in [1.29, 1.82) is 0 Å². The van der Waals surface area contributed by atoms with Crippen molar-refractivity contribution in [1.82, 2.24) is 0 Å². The van der Waals surface area contributed by atoms with E-state index in [0.717, 1.165) is 12.8 Å². The first-order chi connectivity index (χ1) is 5.68. The van der Waals surface area contributed by atoms with Crippen LogP contribution >= 0.6 is 0 Å². The van der Waals surface area contributed by atoms with E-state index < -0.39 is 0 Å². The van der Waals surface area contributed by atoms with Crippen molar-refractivity contribution in [3.8, 4) is 0 Å². The van der Waals surface area contributed by atoms with E-state index in [-0.39, 0.29) is 0 Å². The molecule has 0 amide bonds. The third-order valence-electron chi connectivity index (χ3n) is 1.89. The van der Waals surface area contributed by atoms with E-state index in [1.165, 1.54) is 0 Å². The standard InChI is InChI=1S/C11H19N/c1-5-6-7-8-9-12-11(4)10(2)3/h6,9-11H,1,7-8H2,2-4H3. The third-order valence-corrected chi connectivity index (χ3v) is 1.89. The Morgan fingerprint density at radius 1 is 1.33 bits per heavy atom. The second-order valence-corrected chi connectivity index (χ2v) is 3.30. The molecular formula is C11H19N. The van der Waals surface area contributed by atoms with Crippen LogP contribution in [0.2, 0.25) is 0 Å². The fraction of sp³-hybridized carbons (Fsp3) is 0.636. The van der Waals surface area contributed by atoms with Gasteiger partial charge in [-0.25, -0.2) is 0 Å². The third kappa shape index (κ3) is 5.94. The maximum Gasteiger partial charge on any atom is 0.0490 e. The van der Waals surface area contributed by atoms with Gasteiger partial charge in [-0.2, -0.15) is 0 Å². The fourth-order valence-corrected chi connectivity index (χ4v) is 0.673. The van der Waals surface area contributed by atoms with Gasteiger partial charge in [-0.15, -0.1) is 5.73 Å². The van der Waals surface area contributed by atoms with Crippen molar-refractivity contribution in [3.05, 3.63) is 18.4 Å². The summed E-state index contributed by atoms with van der Waals surface area (Å²) in [6, 6.07) is 0.442. The van der Waals surface area contributed by atoms with Crippen LogP contribution in [0.15, 0.2) is 23.4 Å². The Balaban J connectivity index is 3.54. The zero-order valence-corrected chi connectivity index (χ0v) is 8.38. The summed E-state index contributed by atoms with van der Waals surface area (Å²) in [5.41, 5.74) is 2.74. The molecule has 0 spiro atoms. The zero-order valence-electron chi connectivity index (χ0n) is 8.38. The molecule has 68 valence electrons. The summed E-state index contributed by atoms with van der Waals surface area (Å²) in [7, 11) is 0. The molecular weight excluding hydrogens is 146 g/mol. The van der Waals surface area contributed by atoms with E-state index in [0.29, 0.717) is 12.0 Å². The second-order valence-electron chi connectivity index (χ2n) is 3.30. The minimum atomic E-state index is 0.442. The lowest BCUT2D eigenvalue weighted by Crippen LogP contribution is -2.07. The molecule has 0 rings (SSSR count). The highest BCUT2D eigenvalue weighted by Crippen LogP contribution is 2.04. The van der Waals surface area contributed by atoms with Crippen molar-refractivity contribution in [2.75, 3.05) is 0 Å². The smallest absolute Gasteiger partial charge is 0.0490 e. The predicted molar refractivity (Wildman–Crippen MR) is 55.7 cm³/mol. The number of allylic oxidation sites excluding steroid dienone is 1. The summed E-state index contributed by atoms with van der Waals surface area (Å²) < 4.78 is 0. The Hall–Kier alpha value is -0.810. The van der Waals surface area contributed by atoms with Crippen LogP contribution < -0.4 is 0 Å². The van der Waals surface area contributed by atoms with Crippen LogP contribution in [0.4, 0.5) is 0 Å². The average molecular weight is 165 g/mol. The summed E-state index contributed by atoms with van der Waals surface area (Å²) in [5, 5.41) is 0. The second kappa shape index (κ2) is 6.87. The molecule has 0 radical (unpaired) electrons. The molecule has 0 bridgehead atoms. The Morgan fingerprint density at radius 3 is 2.50 bits per heavy atom. The molecule has 0 aromatic rings. The summed E-state index contributed by atoms with van der Waals surface area (Å²) in [4.78, 5) is 4.40. The van der Waals surface area contributed by atoms with Crippen molar-refractivity contribution in [3.63, 3.8) is 0 Å². The van der Waals surface area contributed by atoms with Crippen LogP contribution in [-0.2, 0) is 0 Å². The quantitative estimate of drug-likeness (QED) is 0.337. The van der Waals surface area contributed by atoms with Crippen LogP contribution in [0.1, 0.15) is 33.6 Å². The first kappa shape index (κ1) is 11.2. The summed E-state index contributed by atoms with van der Waals surface area (Å²) in [6.07, 6.45) is 5.93.